The van der Waals surface area contributed by atoms with Crippen LogP contribution in [0.15, 0.2) is 133 Å². The quantitative estimate of drug-likeness (QED) is 0.172. The summed E-state index contributed by atoms with van der Waals surface area (Å²) >= 11 is 0. The first-order valence-corrected chi connectivity index (χ1v) is 14.5. The van der Waals surface area contributed by atoms with Crippen LogP contribution in [0.1, 0.15) is 15.9 Å². The van der Waals surface area contributed by atoms with E-state index in [0.29, 0.717) is 0 Å². The monoisotopic (exact) mass is 548 g/mol. The zero-order chi connectivity index (χ0) is 28.7. The van der Waals surface area contributed by atoms with E-state index in [1.54, 1.807) is 12.1 Å². The maximum atomic E-state index is 13.7. The number of hydrogen-bond acceptors (Lipinski definition) is 2. The number of aromatic hydroxyl groups is 1. The number of rotatable bonds is 2. The average molecular weight is 549 g/mol. The third-order valence-electron chi connectivity index (χ3n) is 9.08. The van der Waals surface area contributed by atoms with Crippen molar-refractivity contribution in [1.82, 2.24) is 0 Å². The highest BCUT2D eigenvalue weighted by Crippen LogP contribution is 2.50. The van der Waals surface area contributed by atoms with Gasteiger partial charge in [0.2, 0.25) is 0 Å². The van der Waals surface area contributed by atoms with Crippen molar-refractivity contribution in [2.75, 3.05) is 0 Å². The van der Waals surface area contributed by atoms with Crippen molar-refractivity contribution in [1.29, 1.82) is 0 Å². The molecule has 9 rings (SSSR count). The number of ketones is 1. The number of hydrogen-bond donors (Lipinski definition) is 1. The summed E-state index contributed by atoms with van der Waals surface area (Å²) in [5, 5.41) is 22.0. The molecule has 0 amide bonds. The molecule has 0 radical (unpaired) electrons. The van der Waals surface area contributed by atoms with Gasteiger partial charge in [0.25, 0.3) is 0 Å². The number of phenolic OH excluding ortho intramolecular Hbond substituents is 1. The molecule has 0 aliphatic heterocycles. The van der Waals surface area contributed by atoms with Crippen molar-refractivity contribution in [2.24, 2.45) is 0 Å². The molecule has 2 heteroatoms. The van der Waals surface area contributed by atoms with Gasteiger partial charge in [0.1, 0.15) is 5.75 Å². The zero-order valence-corrected chi connectivity index (χ0v) is 23.1. The van der Waals surface area contributed by atoms with E-state index in [0.717, 1.165) is 87.2 Å². The predicted molar refractivity (Wildman–Crippen MR) is 180 cm³/mol. The number of carbonyl (C=O) groups excluding carboxylic acids is 1. The summed E-state index contributed by atoms with van der Waals surface area (Å²) < 4.78 is 0. The highest BCUT2D eigenvalue weighted by molar-refractivity contribution is 6.35. The molecule has 0 saturated carbocycles. The molecule has 8 aromatic carbocycles. The van der Waals surface area contributed by atoms with Crippen molar-refractivity contribution in [2.45, 2.75) is 0 Å². The van der Waals surface area contributed by atoms with E-state index in [-0.39, 0.29) is 11.5 Å². The maximum Gasteiger partial charge on any atom is 0.187 e. The standard InChI is InChI=1S/C41H24O2/c42-34-22-18-26-10-3-6-14-30(26)40(34)38-28-12-4-1-8-24(28)16-20-32(38)37-31-15-7-11-27-19-23-35(43)41(36(27)31)39-29-13-5-2-9-25(29)17-21-33(37)39/h1-23,42H. The molecule has 0 aromatic heterocycles. The van der Waals surface area contributed by atoms with Crippen molar-refractivity contribution in [3.8, 4) is 28.0 Å². The van der Waals surface area contributed by atoms with Gasteiger partial charge in [0.15, 0.2) is 5.78 Å². The highest BCUT2D eigenvalue weighted by Gasteiger charge is 2.26. The van der Waals surface area contributed by atoms with E-state index >= 15 is 0 Å². The molecule has 0 saturated heterocycles. The number of allylic oxidation sites excluding steroid dienone is 1. The van der Waals surface area contributed by atoms with E-state index in [1.165, 1.54) is 0 Å². The Morgan fingerprint density at radius 3 is 1.74 bits per heavy atom. The van der Waals surface area contributed by atoms with Crippen LogP contribution < -0.4 is 0 Å². The summed E-state index contributed by atoms with van der Waals surface area (Å²) in [6, 6.07) is 43.7. The van der Waals surface area contributed by atoms with Crippen LogP contribution in [0.4, 0.5) is 0 Å². The van der Waals surface area contributed by atoms with Crippen molar-refractivity contribution in [3.63, 3.8) is 0 Å². The van der Waals surface area contributed by atoms with Gasteiger partial charge in [-0.2, -0.15) is 0 Å². The van der Waals surface area contributed by atoms with Gasteiger partial charge in [-0.25, -0.2) is 0 Å². The fourth-order valence-electron chi connectivity index (χ4n) is 7.27. The van der Waals surface area contributed by atoms with E-state index in [1.807, 2.05) is 36.4 Å². The molecule has 200 valence electrons. The van der Waals surface area contributed by atoms with E-state index in [9.17, 15) is 9.90 Å². The molecule has 0 heterocycles. The van der Waals surface area contributed by atoms with Gasteiger partial charge in [-0.1, -0.05) is 127 Å². The van der Waals surface area contributed by atoms with Crippen LogP contribution in [0.25, 0.3) is 82.2 Å². The molecule has 2 nitrogen and oxygen atoms in total. The second-order valence-electron chi connectivity index (χ2n) is 11.3. The maximum absolute atomic E-state index is 13.7. The molecular formula is C41H24O2. The molecule has 0 unspecified atom stereocenters. The van der Waals surface area contributed by atoms with Gasteiger partial charge < -0.3 is 5.11 Å². The first kappa shape index (κ1) is 23.9. The molecule has 1 aliphatic carbocycles. The second-order valence-corrected chi connectivity index (χ2v) is 11.3. The lowest BCUT2D eigenvalue weighted by Crippen LogP contribution is -2.05. The normalized spacial score (nSPS) is 12.7. The summed E-state index contributed by atoms with van der Waals surface area (Å²) in [6.45, 7) is 0. The lowest BCUT2D eigenvalue weighted by molar-refractivity contribution is 0.105. The summed E-state index contributed by atoms with van der Waals surface area (Å²) in [7, 11) is 0. The third-order valence-corrected chi connectivity index (χ3v) is 9.08. The second kappa shape index (κ2) is 8.88. The van der Waals surface area contributed by atoms with Crippen LogP contribution in [-0.4, -0.2) is 10.9 Å². The number of carbonyl (C=O) groups is 1. The Labute approximate surface area is 247 Å². The Hall–Kier alpha value is -5.73. The number of phenols is 1. The fraction of sp³-hybridized carbons (Fsp3) is 0. The zero-order valence-electron chi connectivity index (χ0n) is 23.1. The van der Waals surface area contributed by atoms with E-state index < -0.39 is 0 Å². The van der Waals surface area contributed by atoms with Crippen LogP contribution in [0.5, 0.6) is 5.75 Å². The molecule has 1 N–H and O–H groups in total. The average Bonchev–Trinajstić information content (AvgIpc) is 3.05. The first-order valence-electron chi connectivity index (χ1n) is 14.5. The molecule has 43 heavy (non-hydrogen) atoms. The summed E-state index contributed by atoms with van der Waals surface area (Å²) in [5.41, 5.74) is 5.70. The first-order chi connectivity index (χ1) is 21.2. The van der Waals surface area contributed by atoms with Crippen LogP contribution in [0, 0.1) is 0 Å². The molecule has 0 atom stereocenters. The fourth-order valence-corrected chi connectivity index (χ4v) is 7.27. The van der Waals surface area contributed by atoms with Gasteiger partial charge in [0.05, 0.1) is 0 Å². The Kier molecular flexibility index (Phi) is 4.94. The third kappa shape index (κ3) is 3.32. The Morgan fingerprint density at radius 1 is 0.395 bits per heavy atom. The molecule has 0 fully saturated rings. The van der Waals surface area contributed by atoms with Crippen molar-refractivity contribution in [3.05, 3.63) is 145 Å². The van der Waals surface area contributed by atoms with Gasteiger partial charge in [0, 0.05) is 27.5 Å². The molecular weight excluding hydrogens is 524 g/mol. The van der Waals surface area contributed by atoms with E-state index in [2.05, 4.69) is 91.0 Å². The highest BCUT2D eigenvalue weighted by atomic mass is 16.3. The van der Waals surface area contributed by atoms with Crippen LogP contribution in [0.2, 0.25) is 0 Å². The Bertz CT molecular complexity index is 2530. The van der Waals surface area contributed by atoms with Gasteiger partial charge in [-0.05, 0) is 71.9 Å². The minimum Gasteiger partial charge on any atom is -0.507 e. The topological polar surface area (TPSA) is 37.3 Å². The summed E-state index contributed by atoms with van der Waals surface area (Å²) in [5.74, 6) is 0.272. The van der Waals surface area contributed by atoms with E-state index in [4.69, 9.17) is 0 Å². The lowest BCUT2D eigenvalue weighted by Gasteiger charge is -2.23. The summed E-state index contributed by atoms with van der Waals surface area (Å²) in [6.07, 6.45) is 3.64. The molecule has 0 spiro atoms. The SMILES string of the molecule is O=C1C=Cc2cccc3c(-c4ccc5ccccc5c4-c4c(O)ccc5ccccc45)c4ccc5ccccc5c4c1c23. The molecule has 0 bridgehead atoms. The van der Waals surface area contributed by atoms with Crippen LogP contribution >= 0.6 is 0 Å². The smallest absolute Gasteiger partial charge is 0.187 e. The van der Waals surface area contributed by atoms with Crippen molar-refractivity contribution >= 4 is 65.7 Å². The minimum absolute atomic E-state index is 0.0297. The van der Waals surface area contributed by atoms with Gasteiger partial charge in [-0.3, -0.25) is 4.79 Å². The van der Waals surface area contributed by atoms with Gasteiger partial charge in [-0.15, -0.1) is 0 Å². The number of fused-ring (bicyclic) bond motifs is 6. The van der Waals surface area contributed by atoms with Crippen molar-refractivity contribution < 1.29 is 9.90 Å². The van der Waals surface area contributed by atoms with Crippen LogP contribution in [0.3, 0.4) is 0 Å². The largest absolute Gasteiger partial charge is 0.507 e. The Morgan fingerprint density at radius 2 is 0.977 bits per heavy atom. The summed E-state index contributed by atoms with van der Waals surface area (Å²) in [4.78, 5) is 13.7. The van der Waals surface area contributed by atoms with Crippen LogP contribution in [-0.2, 0) is 0 Å². The molecule has 1 aliphatic rings. The minimum atomic E-state index is 0.0297. The number of benzene rings is 8. The Balaban J connectivity index is 1.56. The predicted octanol–water partition coefficient (Wildman–Crippen LogP) is 10.7. The molecule has 8 aromatic rings. The lowest BCUT2D eigenvalue weighted by atomic mass is 9.79. The van der Waals surface area contributed by atoms with Gasteiger partial charge >= 0.3 is 0 Å².